The molecule has 0 bridgehead atoms. The van der Waals surface area contributed by atoms with E-state index >= 15 is 0 Å². The number of benzene rings is 2. The van der Waals surface area contributed by atoms with Gasteiger partial charge in [0.15, 0.2) is 11.5 Å². The van der Waals surface area contributed by atoms with Crippen LogP contribution in [0.15, 0.2) is 42.5 Å². The molecule has 22 heavy (non-hydrogen) atoms. The maximum Gasteiger partial charge on any atom is 0.231 e. The molecule has 4 heteroatoms. The number of rotatable bonds is 5. The van der Waals surface area contributed by atoms with Gasteiger partial charge < -0.3 is 19.5 Å². The third-order valence-corrected chi connectivity index (χ3v) is 4.02. The third kappa shape index (κ3) is 3.02. The fourth-order valence-corrected chi connectivity index (χ4v) is 2.67. The third-order valence-electron chi connectivity index (χ3n) is 4.02. The average Bonchev–Trinajstić information content (AvgIpc) is 3.00. The van der Waals surface area contributed by atoms with Crippen molar-refractivity contribution in [3.05, 3.63) is 53.6 Å². The Hall–Kier alpha value is -2.20. The number of fused-ring (bicyclic) bond motifs is 1. The molecule has 0 aromatic heterocycles. The molecular formula is C18H21NO3. The molecule has 3 rings (SSSR count). The number of aliphatic hydroxyl groups is 1. The van der Waals surface area contributed by atoms with Gasteiger partial charge in [0.1, 0.15) is 0 Å². The molecule has 1 heterocycles. The number of aliphatic hydroxyl groups excluding tert-OH is 1. The highest BCUT2D eigenvalue weighted by atomic mass is 16.7. The fourth-order valence-electron chi connectivity index (χ4n) is 2.67. The van der Waals surface area contributed by atoms with Crippen LogP contribution in [0.4, 0.5) is 5.69 Å². The molecule has 0 aliphatic carbocycles. The van der Waals surface area contributed by atoms with Crippen LogP contribution in [0.25, 0.3) is 0 Å². The molecule has 1 aliphatic rings. The van der Waals surface area contributed by atoms with Crippen LogP contribution in [0, 0.1) is 0 Å². The zero-order valence-electron chi connectivity index (χ0n) is 13.0. The van der Waals surface area contributed by atoms with Gasteiger partial charge in [-0.1, -0.05) is 18.2 Å². The van der Waals surface area contributed by atoms with Crippen LogP contribution in [0.2, 0.25) is 0 Å². The molecule has 1 unspecified atom stereocenters. The Morgan fingerprint density at radius 2 is 1.77 bits per heavy atom. The largest absolute Gasteiger partial charge is 0.454 e. The number of nitrogens with zero attached hydrogens (tertiary/aromatic N) is 1. The molecule has 0 spiro atoms. The van der Waals surface area contributed by atoms with Crippen LogP contribution in [0.3, 0.4) is 0 Å². The van der Waals surface area contributed by atoms with Crippen molar-refractivity contribution in [2.45, 2.75) is 12.3 Å². The van der Waals surface area contributed by atoms with E-state index in [1.54, 1.807) is 0 Å². The summed E-state index contributed by atoms with van der Waals surface area (Å²) in [4.78, 5) is 2.07. The lowest BCUT2D eigenvalue weighted by Gasteiger charge is -2.17. The highest BCUT2D eigenvalue weighted by Crippen LogP contribution is 2.35. The summed E-state index contributed by atoms with van der Waals surface area (Å²) in [7, 11) is 4.05. The van der Waals surface area contributed by atoms with Gasteiger partial charge in [0.25, 0.3) is 0 Å². The summed E-state index contributed by atoms with van der Waals surface area (Å²) < 4.78 is 10.7. The van der Waals surface area contributed by atoms with Crippen molar-refractivity contribution in [3.63, 3.8) is 0 Å². The maximum absolute atomic E-state index is 9.75. The van der Waals surface area contributed by atoms with E-state index in [9.17, 15) is 5.11 Å². The summed E-state index contributed by atoms with van der Waals surface area (Å²) in [6.45, 7) is 0.379. The molecule has 1 N–H and O–H groups in total. The van der Waals surface area contributed by atoms with Gasteiger partial charge in [0, 0.05) is 25.7 Å². The number of hydrogen-bond donors (Lipinski definition) is 1. The first-order chi connectivity index (χ1) is 10.7. The van der Waals surface area contributed by atoms with Gasteiger partial charge in [0.2, 0.25) is 6.79 Å². The van der Waals surface area contributed by atoms with E-state index < -0.39 is 0 Å². The van der Waals surface area contributed by atoms with E-state index in [-0.39, 0.29) is 19.3 Å². The molecule has 1 atom stereocenters. The van der Waals surface area contributed by atoms with Crippen molar-refractivity contribution >= 4 is 5.69 Å². The predicted octanol–water partition coefficient (Wildman–Crippen LogP) is 2.80. The molecule has 4 nitrogen and oxygen atoms in total. The van der Waals surface area contributed by atoms with E-state index in [2.05, 4.69) is 29.2 Å². The number of ether oxygens (including phenoxy) is 2. The summed E-state index contributed by atoms with van der Waals surface area (Å²) >= 11 is 0. The summed E-state index contributed by atoms with van der Waals surface area (Å²) in [6.07, 6.45) is 0.795. The minimum absolute atomic E-state index is 0.0553. The average molecular weight is 299 g/mol. The summed E-state index contributed by atoms with van der Waals surface area (Å²) in [6, 6.07) is 14.3. The van der Waals surface area contributed by atoms with Crippen molar-refractivity contribution in [1.29, 1.82) is 0 Å². The molecule has 1 aliphatic heterocycles. The molecule has 0 saturated carbocycles. The van der Waals surface area contributed by atoms with Gasteiger partial charge in [-0.25, -0.2) is 0 Å². The smallest absolute Gasteiger partial charge is 0.231 e. The molecule has 0 saturated heterocycles. The van der Waals surface area contributed by atoms with Gasteiger partial charge >= 0.3 is 0 Å². The molecule has 0 radical (unpaired) electrons. The van der Waals surface area contributed by atoms with Crippen LogP contribution in [0.5, 0.6) is 11.5 Å². The quantitative estimate of drug-likeness (QED) is 0.922. The Morgan fingerprint density at radius 3 is 2.45 bits per heavy atom. The minimum Gasteiger partial charge on any atom is -0.454 e. The molecule has 2 aromatic rings. The van der Waals surface area contributed by atoms with Crippen molar-refractivity contribution in [2.24, 2.45) is 0 Å². The minimum atomic E-state index is 0.0553. The van der Waals surface area contributed by atoms with E-state index in [0.717, 1.165) is 23.5 Å². The van der Waals surface area contributed by atoms with E-state index in [1.807, 2.05) is 32.3 Å². The molecule has 116 valence electrons. The van der Waals surface area contributed by atoms with Gasteiger partial charge in [0.05, 0.1) is 6.61 Å². The Bertz CT molecular complexity index is 637. The van der Waals surface area contributed by atoms with E-state index in [1.165, 1.54) is 11.3 Å². The van der Waals surface area contributed by atoms with Crippen LogP contribution < -0.4 is 14.4 Å². The lowest BCUT2D eigenvalue weighted by molar-refractivity contribution is 0.174. The number of hydrogen-bond acceptors (Lipinski definition) is 4. The Kier molecular flexibility index (Phi) is 4.20. The highest BCUT2D eigenvalue weighted by molar-refractivity contribution is 5.47. The van der Waals surface area contributed by atoms with Crippen LogP contribution >= 0.6 is 0 Å². The summed E-state index contributed by atoms with van der Waals surface area (Å²) in [5.74, 6) is 1.59. The lowest BCUT2D eigenvalue weighted by Crippen LogP contribution is -2.10. The normalized spacial score (nSPS) is 14.0. The lowest BCUT2D eigenvalue weighted by atomic mass is 9.92. The topological polar surface area (TPSA) is 41.9 Å². The van der Waals surface area contributed by atoms with Crippen LogP contribution in [0.1, 0.15) is 17.0 Å². The molecule has 0 fully saturated rings. The first-order valence-corrected chi connectivity index (χ1v) is 7.44. The van der Waals surface area contributed by atoms with Crippen molar-refractivity contribution in [3.8, 4) is 11.5 Å². The Morgan fingerprint density at radius 1 is 1.05 bits per heavy atom. The van der Waals surface area contributed by atoms with E-state index in [4.69, 9.17) is 9.47 Å². The number of anilines is 1. The molecule has 2 aromatic carbocycles. The van der Waals surface area contributed by atoms with Crippen molar-refractivity contribution < 1.29 is 14.6 Å². The second-order valence-electron chi connectivity index (χ2n) is 5.76. The zero-order chi connectivity index (χ0) is 15.5. The van der Waals surface area contributed by atoms with Crippen molar-refractivity contribution in [1.82, 2.24) is 0 Å². The predicted molar refractivity (Wildman–Crippen MR) is 86.9 cm³/mol. The molecular weight excluding hydrogens is 278 g/mol. The van der Waals surface area contributed by atoms with Crippen molar-refractivity contribution in [2.75, 3.05) is 32.4 Å². The highest BCUT2D eigenvalue weighted by Gasteiger charge is 2.18. The maximum atomic E-state index is 9.75. The SMILES string of the molecule is CN(C)c1ccc(CC(CO)c2ccc3c(c2)OCO3)cc1. The standard InChI is InChI=1S/C18H21NO3/c1-19(2)16-6-3-13(4-7-16)9-15(11-20)14-5-8-17-18(10-14)22-12-21-17/h3-8,10,15,20H,9,11-12H2,1-2H3. The van der Waals surface area contributed by atoms with Gasteiger partial charge in [-0.05, 0) is 41.8 Å². The first kappa shape index (κ1) is 14.7. The van der Waals surface area contributed by atoms with Crippen LogP contribution in [-0.4, -0.2) is 32.6 Å². The second-order valence-corrected chi connectivity index (χ2v) is 5.76. The Labute approximate surface area is 130 Å². The van der Waals surface area contributed by atoms with Crippen LogP contribution in [-0.2, 0) is 6.42 Å². The van der Waals surface area contributed by atoms with Gasteiger partial charge in [-0.15, -0.1) is 0 Å². The molecule has 0 amide bonds. The Balaban J connectivity index is 1.76. The van der Waals surface area contributed by atoms with E-state index in [0.29, 0.717) is 0 Å². The zero-order valence-corrected chi connectivity index (χ0v) is 13.0. The first-order valence-electron chi connectivity index (χ1n) is 7.44. The van der Waals surface area contributed by atoms with Gasteiger partial charge in [-0.3, -0.25) is 0 Å². The van der Waals surface area contributed by atoms with Gasteiger partial charge in [-0.2, -0.15) is 0 Å². The summed E-state index contributed by atoms with van der Waals surface area (Å²) in [5.41, 5.74) is 3.46. The summed E-state index contributed by atoms with van der Waals surface area (Å²) in [5, 5.41) is 9.75. The second kappa shape index (κ2) is 6.28. The fraction of sp³-hybridized carbons (Fsp3) is 0.333. The monoisotopic (exact) mass is 299 g/mol.